The molecule has 2 aromatic carbocycles. The van der Waals surface area contributed by atoms with Crippen molar-refractivity contribution in [3.05, 3.63) is 65.7 Å². The number of anilines is 2. The van der Waals surface area contributed by atoms with Gasteiger partial charge in [0.25, 0.3) is 10.0 Å². The first kappa shape index (κ1) is 19.2. The van der Waals surface area contributed by atoms with Gasteiger partial charge in [0, 0.05) is 17.3 Å². The minimum absolute atomic E-state index is 0.102. The molecular formula is C17H18ClN3O2S2. The van der Waals surface area contributed by atoms with Crippen molar-refractivity contribution in [1.29, 1.82) is 0 Å². The summed E-state index contributed by atoms with van der Waals surface area (Å²) in [6, 6.07) is 11.5. The van der Waals surface area contributed by atoms with Crippen molar-refractivity contribution in [3.63, 3.8) is 0 Å². The van der Waals surface area contributed by atoms with Crippen LogP contribution in [0.2, 0.25) is 5.02 Å². The number of nitrogens with one attached hydrogen (secondary N) is 3. The topological polar surface area (TPSA) is 70.2 Å². The maximum Gasteiger partial charge on any atom is 0.263 e. The van der Waals surface area contributed by atoms with Crippen molar-refractivity contribution < 1.29 is 8.42 Å². The van der Waals surface area contributed by atoms with Gasteiger partial charge in [-0.05, 0) is 61.1 Å². The first-order chi connectivity index (χ1) is 11.8. The molecule has 25 heavy (non-hydrogen) atoms. The Balaban J connectivity index is 2.32. The van der Waals surface area contributed by atoms with E-state index in [2.05, 4.69) is 21.9 Å². The SMILES string of the molecule is C=CCNC(=S)Nc1ccc(C)cc1S(=O)(=O)Nc1ccc(Cl)cc1. The number of halogens is 1. The summed E-state index contributed by atoms with van der Waals surface area (Å²) in [6.07, 6.45) is 1.66. The lowest BCUT2D eigenvalue weighted by Crippen LogP contribution is -2.29. The Bertz CT molecular complexity index is 881. The molecule has 3 N–H and O–H groups in total. The predicted molar refractivity (Wildman–Crippen MR) is 108 cm³/mol. The molecule has 0 aliphatic carbocycles. The number of rotatable bonds is 6. The maximum absolute atomic E-state index is 12.8. The zero-order valence-corrected chi connectivity index (χ0v) is 15.9. The molecular weight excluding hydrogens is 378 g/mol. The molecule has 0 saturated heterocycles. The third-order valence-electron chi connectivity index (χ3n) is 3.18. The molecule has 0 bridgehead atoms. The summed E-state index contributed by atoms with van der Waals surface area (Å²) < 4.78 is 28.1. The smallest absolute Gasteiger partial charge is 0.263 e. The standard InChI is InChI=1S/C17H18ClN3O2S2/c1-3-10-19-17(24)20-15-9-4-12(2)11-16(15)25(22,23)21-14-7-5-13(18)6-8-14/h3-9,11,21H,1,10H2,2H3,(H2,19,20,24). The predicted octanol–water partition coefficient (Wildman–Crippen LogP) is 3.92. The van der Waals surface area contributed by atoms with Gasteiger partial charge in [-0.1, -0.05) is 23.7 Å². The molecule has 0 atom stereocenters. The summed E-state index contributed by atoms with van der Waals surface area (Å²) in [5.41, 5.74) is 1.62. The number of hydrogen-bond acceptors (Lipinski definition) is 3. The highest BCUT2D eigenvalue weighted by Crippen LogP contribution is 2.25. The van der Waals surface area contributed by atoms with Gasteiger partial charge >= 0.3 is 0 Å². The summed E-state index contributed by atoms with van der Waals surface area (Å²) in [4.78, 5) is 0.102. The summed E-state index contributed by atoms with van der Waals surface area (Å²) in [5.74, 6) is 0. The minimum atomic E-state index is -3.81. The first-order valence-corrected chi connectivity index (χ1v) is 9.63. The highest BCUT2D eigenvalue weighted by Gasteiger charge is 2.19. The Kier molecular flexibility index (Phi) is 6.41. The van der Waals surface area contributed by atoms with E-state index in [-0.39, 0.29) is 4.90 Å². The van der Waals surface area contributed by atoms with Gasteiger partial charge < -0.3 is 10.6 Å². The molecule has 2 rings (SSSR count). The van der Waals surface area contributed by atoms with Crippen LogP contribution in [0.25, 0.3) is 0 Å². The van der Waals surface area contributed by atoms with E-state index in [9.17, 15) is 8.42 Å². The lowest BCUT2D eigenvalue weighted by Gasteiger charge is -2.15. The van der Waals surface area contributed by atoms with E-state index in [1.807, 2.05) is 6.92 Å². The summed E-state index contributed by atoms with van der Waals surface area (Å²) in [5, 5.41) is 6.65. The molecule has 0 aromatic heterocycles. The molecule has 2 aromatic rings. The second-order valence-electron chi connectivity index (χ2n) is 5.24. The van der Waals surface area contributed by atoms with Crippen LogP contribution in [-0.4, -0.2) is 20.1 Å². The van der Waals surface area contributed by atoms with Gasteiger partial charge in [-0.3, -0.25) is 4.72 Å². The van der Waals surface area contributed by atoms with Crippen molar-refractivity contribution in [2.75, 3.05) is 16.6 Å². The average molecular weight is 396 g/mol. The number of hydrogen-bond donors (Lipinski definition) is 3. The molecule has 0 aliphatic heterocycles. The zero-order valence-electron chi connectivity index (χ0n) is 13.5. The normalized spacial score (nSPS) is 10.8. The van der Waals surface area contributed by atoms with Gasteiger partial charge in [-0.15, -0.1) is 6.58 Å². The molecule has 0 aliphatic rings. The van der Waals surface area contributed by atoms with Crippen LogP contribution < -0.4 is 15.4 Å². The van der Waals surface area contributed by atoms with E-state index >= 15 is 0 Å². The minimum Gasteiger partial charge on any atom is -0.359 e. The van der Waals surface area contributed by atoms with Gasteiger partial charge in [0.15, 0.2) is 5.11 Å². The van der Waals surface area contributed by atoms with Crippen molar-refractivity contribution in [2.24, 2.45) is 0 Å². The van der Waals surface area contributed by atoms with E-state index < -0.39 is 10.0 Å². The number of sulfonamides is 1. The van der Waals surface area contributed by atoms with Crippen LogP contribution in [0.15, 0.2) is 60.0 Å². The summed E-state index contributed by atoms with van der Waals surface area (Å²) in [7, 11) is -3.81. The molecule has 0 fully saturated rings. The van der Waals surface area contributed by atoms with Crippen molar-refractivity contribution in [3.8, 4) is 0 Å². The molecule has 5 nitrogen and oxygen atoms in total. The van der Waals surface area contributed by atoms with Crippen molar-refractivity contribution in [2.45, 2.75) is 11.8 Å². The number of aryl methyl sites for hydroxylation is 1. The lowest BCUT2D eigenvalue weighted by molar-refractivity contribution is 0.601. The monoisotopic (exact) mass is 395 g/mol. The Morgan fingerprint density at radius 2 is 1.92 bits per heavy atom. The molecule has 0 spiro atoms. The van der Waals surface area contributed by atoms with Gasteiger partial charge in [0.1, 0.15) is 4.90 Å². The average Bonchev–Trinajstić information content (AvgIpc) is 2.56. The van der Waals surface area contributed by atoms with Gasteiger partial charge in [0.2, 0.25) is 0 Å². The van der Waals surface area contributed by atoms with Crippen LogP contribution in [0, 0.1) is 6.92 Å². The van der Waals surface area contributed by atoms with Crippen LogP contribution in [-0.2, 0) is 10.0 Å². The fourth-order valence-electron chi connectivity index (χ4n) is 2.01. The third kappa shape index (κ3) is 5.45. The lowest BCUT2D eigenvalue weighted by atomic mass is 10.2. The Morgan fingerprint density at radius 1 is 1.24 bits per heavy atom. The molecule has 132 valence electrons. The van der Waals surface area contributed by atoms with E-state index in [1.165, 1.54) is 0 Å². The fourth-order valence-corrected chi connectivity index (χ4v) is 3.64. The van der Waals surface area contributed by atoms with E-state index in [0.29, 0.717) is 28.1 Å². The van der Waals surface area contributed by atoms with Crippen molar-refractivity contribution in [1.82, 2.24) is 5.32 Å². The molecule has 0 heterocycles. The summed E-state index contributed by atoms with van der Waals surface area (Å²) >= 11 is 11.0. The first-order valence-electron chi connectivity index (χ1n) is 7.36. The maximum atomic E-state index is 12.8. The van der Waals surface area contributed by atoms with Crippen LogP contribution in [0.3, 0.4) is 0 Å². The van der Waals surface area contributed by atoms with Gasteiger partial charge in [0.05, 0.1) is 5.69 Å². The highest BCUT2D eigenvalue weighted by atomic mass is 35.5. The Morgan fingerprint density at radius 3 is 2.56 bits per heavy atom. The highest BCUT2D eigenvalue weighted by molar-refractivity contribution is 7.93. The Hall–Kier alpha value is -2.09. The molecule has 8 heteroatoms. The molecule has 0 unspecified atom stereocenters. The quantitative estimate of drug-likeness (QED) is 0.510. The molecule has 0 saturated carbocycles. The van der Waals surface area contributed by atoms with Gasteiger partial charge in [-0.25, -0.2) is 8.42 Å². The van der Waals surface area contributed by atoms with Crippen LogP contribution in [0.1, 0.15) is 5.56 Å². The number of benzene rings is 2. The second kappa shape index (κ2) is 8.33. The fraction of sp³-hybridized carbons (Fsp3) is 0.118. The van der Waals surface area contributed by atoms with Crippen LogP contribution >= 0.6 is 23.8 Å². The van der Waals surface area contributed by atoms with Crippen LogP contribution in [0.4, 0.5) is 11.4 Å². The Labute approximate surface area is 158 Å². The second-order valence-corrected chi connectivity index (χ2v) is 7.73. The number of thiocarbonyl (C=S) groups is 1. The van der Waals surface area contributed by atoms with Crippen molar-refractivity contribution >= 4 is 50.3 Å². The molecule has 0 radical (unpaired) electrons. The summed E-state index contributed by atoms with van der Waals surface area (Å²) in [6.45, 7) is 5.89. The van der Waals surface area contributed by atoms with E-state index in [0.717, 1.165) is 5.56 Å². The van der Waals surface area contributed by atoms with E-state index in [1.54, 1.807) is 48.5 Å². The molecule has 0 amide bonds. The van der Waals surface area contributed by atoms with Gasteiger partial charge in [-0.2, -0.15) is 0 Å². The van der Waals surface area contributed by atoms with E-state index in [4.69, 9.17) is 23.8 Å². The zero-order chi connectivity index (χ0) is 18.4. The third-order valence-corrected chi connectivity index (χ3v) is 5.10. The largest absolute Gasteiger partial charge is 0.359 e. The van der Waals surface area contributed by atoms with Crippen LogP contribution in [0.5, 0.6) is 0 Å².